The number of piperidine rings is 1. The third-order valence-electron chi connectivity index (χ3n) is 4.27. The van der Waals surface area contributed by atoms with Crippen LogP contribution in [0.15, 0.2) is 0 Å². The largest absolute Gasteiger partial charge is 0.355 e. The van der Waals surface area contributed by atoms with Gasteiger partial charge in [-0.25, -0.2) is 0 Å². The lowest BCUT2D eigenvalue weighted by Gasteiger charge is -2.31. The average molecular weight is 268 g/mol. The molecule has 110 valence electrons. The van der Waals surface area contributed by atoms with Crippen molar-refractivity contribution >= 4 is 5.91 Å². The Bertz CT molecular complexity index is 297. The summed E-state index contributed by atoms with van der Waals surface area (Å²) in [6.07, 6.45) is 3.72. The maximum Gasteiger partial charge on any atom is 0.238 e. The Morgan fingerprint density at radius 2 is 2.05 bits per heavy atom. The van der Waals surface area contributed by atoms with Crippen molar-refractivity contribution in [2.45, 2.75) is 25.3 Å². The second-order valence-corrected chi connectivity index (χ2v) is 6.12. The molecule has 0 aromatic heterocycles. The molecule has 0 aliphatic carbocycles. The van der Waals surface area contributed by atoms with Crippen molar-refractivity contribution in [2.75, 3.05) is 53.4 Å². The Balaban J connectivity index is 1.63. The molecule has 19 heavy (non-hydrogen) atoms. The second-order valence-electron chi connectivity index (χ2n) is 6.12. The standard InChI is InChI=1S/C14H28N4O/c1-17-8-3-4-12(10-17)5-6-16-14(19)13-11-18(2)9-7-15-13/h12-13,15H,3-11H2,1-2H3,(H,16,19). The van der Waals surface area contributed by atoms with Crippen molar-refractivity contribution in [1.29, 1.82) is 0 Å². The molecule has 0 bridgehead atoms. The van der Waals surface area contributed by atoms with E-state index >= 15 is 0 Å². The van der Waals surface area contributed by atoms with Crippen molar-refractivity contribution in [3.05, 3.63) is 0 Å². The Hall–Kier alpha value is -0.650. The van der Waals surface area contributed by atoms with E-state index in [4.69, 9.17) is 0 Å². The first-order valence-corrected chi connectivity index (χ1v) is 7.53. The Morgan fingerprint density at radius 1 is 1.26 bits per heavy atom. The molecule has 1 amide bonds. The highest BCUT2D eigenvalue weighted by Crippen LogP contribution is 2.17. The molecule has 2 heterocycles. The summed E-state index contributed by atoms with van der Waals surface area (Å²) in [7, 11) is 4.26. The topological polar surface area (TPSA) is 47.6 Å². The average Bonchev–Trinajstić information content (AvgIpc) is 2.38. The molecule has 0 saturated carbocycles. The fourth-order valence-electron chi connectivity index (χ4n) is 3.10. The normalized spacial score (nSPS) is 30.2. The van der Waals surface area contributed by atoms with E-state index in [1.165, 1.54) is 25.9 Å². The van der Waals surface area contributed by atoms with Gasteiger partial charge < -0.3 is 20.4 Å². The van der Waals surface area contributed by atoms with E-state index in [9.17, 15) is 4.79 Å². The van der Waals surface area contributed by atoms with Crippen LogP contribution >= 0.6 is 0 Å². The van der Waals surface area contributed by atoms with Crippen LogP contribution in [0.1, 0.15) is 19.3 Å². The van der Waals surface area contributed by atoms with E-state index in [0.717, 1.165) is 38.5 Å². The summed E-state index contributed by atoms with van der Waals surface area (Å²) < 4.78 is 0. The van der Waals surface area contributed by atoms with Gasteiger partial charge in [0.2, 0.25) is 5.91 Å². The Labute approximate surface area is 116 Å². The molecule has 2 rings (SSSR count). The van der Waals surface area contributed by atoms with Crippen LogP contribution < -0.4 is 10.6 Å². The first kappa shape index (κ1) is 14.8. The number of hydrogen-bond acceptors (Lipinski definition) is 4. The number of likely N-dealkylation sites (N-methyl/N-ethyl adjacent to an activating group) is 1. The smallest absolute Gasteiger partial charge is 0.238 e. The quantitative estimate of drug-likeness (QED) is 0.737. The van der Waals surface area contributed by atoms with Crippen molar-refractivity contribution in [2.24, 2.45) is 5.92 Å². The van der Waals surface area contributed by atoms with Gasteiger partial charge in [0.25, 0.3) is 0 Å². The van der Waals surface area contributed by atoms with Gasteiger partial charge in [-0.2, -0.15) is 0 Å². The lowest BCUT2D eigenvalue weighted by molar-refractivity contribution is -0.124. The number of carbonyl (C=O) groups excluding carboxylic acids is 1. The summed E-state index contributed by atoms with van der Waals surface area (Å²) in [5.41, 5.74) is 0. The van der Waals surface area contributed by atoms with Crippen molar-refractivity contribution < 1.29 is 4.79 Å². The zero-order valence-corrected chi connectivity index (χ0v) is 12.3. The summed E-state index contributed by atoms with van der Waals surface area (Å²) in [5.74, 6) is 0.914. The summed E-state index contributed by atoms with van der Waals surface area (Å²) >= 11 is 0. The van der Waals surface area contributed by atoms with E-state index in [1.807, 2.05) is 0 Å². The van der Waals surface area contributed by atoms with Crippen molar-refractivity contribution in [3.8, 4) is 0 Å². The molecule has 0 radical (unpaired) electrons. The highest BCUT2D eigenvalue weighted by Gasteiger charge is 2.23. The minimum Gasteiger partial charge on any atom is -0.355 e. The molecule has 2 N–H and O–H groups in total. The third-order valence-corrected chi connectivity index (χ3v) is 4.27. The van der Waals surface area contributed by atoms with Crippen LogP contribution in [0, 0.1) is 5.92 Å². The summed E-state index contributed by atoms with van der Waals surface area (Å²) in [6, 6.07) is -0.0345. The highest BCUT2D eigenvalue weighted by atomic mass is 16.2. The Morgan fingerprint density at radius 3 is 2.79 bits per heavy atom. The highest BCUT2D eigenvalue weighted by molar-refractivity contribution is 5.82. The maximum atomic E-state index is 12.0. The number of rotatable bonds is 4. The number of nitrogens with zero attached hydrogens (tertiary/aromatic N) is 2. The molecule has 5 nitrogen and oxygen atoms in total. The molecule has 2 unspecified atom stereocenters. The monoisotopic (exact) mass is 268 g/mol. The fourth-order valence-corrected chi connectivity index (χ4v) is 3.10. The zero-order chi connectivity index (χ0) is 13.7. The van der Waals surface area contributed by atoms with Crippen LogP contribution in [0.25, 0.3) is 0 Å². The third kappa shape index (κ3) is 4.75. The molecule has 2 saturated heterocycles. The fraction of sp³-hybridized carbons (Fsp3) is 0.929. The lowest BCUT2D eigenvalue weighted by atomic mass is 9.95. The first-order chi connectivity index (χ1) is 9.15. The van der Waals surface area contributed by atoms with Gasteiger partial charge in [0, 0.05) is 32.7 Å². The van der Waals surface area contributed by atoms with Gasteiger partial charge >= 0.3 is 0 Å². The van der Waals surface area contributed by atoms with Gasteiger partial charge in [0.05, 0.1) is 6.04 Å². The first-order valence-electron chi connectivity index (χ1n) is 7.53. The van der Waals surface area contributed by atoms with Gasteiger partial charge in [0.15, 0.2) is 0 Å². The van der Waals surface area contributed by atoms with E-state index < -0.39 is 0 Å². The molecule has 0 aromatic carbocycles. The SMILES string of the molecule is CN1CCCC(CCNC(=O)C2CN(C)CCN2)C1. The van der Waals surface area contributed by atoms with Crippen LogP contribution in [-0.4, -0.2) is 75.1 Å². The predicted octanol–water partition coefficient (Wildman–Crippen LogP) is -0.262. The zero-order valence-electron chi connectivity index (χ0n) is 12.3. The Kier molecular flexibility index (Phi) is 5.60. The van der Waals surface area contributed by atoms with E-state index in [2.05, 4.69) is 34.5 Å². The number of nitrogens with one attached hydrogen (secondary N) is 2. The number of likely N-dealkylation sites (tertiary alicyclic amines) is 1. The minimum atomic E-state index is -0.0345. The van der Waals surface area contributed by atoms with E-state index in [1.54, 1.807) is 0 Å². The summed E-state index contributed by atoms with van der Waals surface area (Å²) in [5, 5.41) is 6.37. The number of amides is 1. The van der Waals surface area contributed by atoms with Gasteiger partial charge in [0.1, 0.15) is 0 Å². The molecule has 0 aromatic rings. The summed E-state index contributed by atoms with van der Waals surface area (Å²) in [6.45, 7) is 5.97. The van der Waals surface area contributed by atoms with Gasteiger partial charge in [-0.05, 0) is 45.8 Å². The second kappa shape index (κ2) is 7.22. The number of hydrogen-bond donors (Lipinski definition) is 2. The van der Waals surface area contributed by atoms with Gasteiger partial charge in [-0.3, -0.25) is 4.79 Å². The van der Waals surface area contributed by atoms with Crippen molar-refractivity contribution in [1.82, 2.24) is 20.4 Å². The van der Waals surface area contributed by atoms with Crippen LogP contribution in [-0.2, 0) is 4.79 Å². The molecule has 5 heteroatoms. The van der Waals surface area contributed by atoms with Crippen LogP contribution in [0.3, 0.4) is 0 Å². The van der Waals surface area contributed by atoms with Crippen LogP contribution in [0.2, 0.25) is 0 Å². The lowest BCUT2D eigenvalue weighted by Crippen LogP contribution is -2.56. The molecular formula is C14H28N4O. The molecular weight excluding hydrogens is 240 g/mol. The van der Waals surface area contributed by atoms with Crippen molar-refractivity contribution in [3.63, 3.8) is 0 Å². The minimum absolute atomic E-state index is 0.0345. The number of piperazine rings is 1. The van der Waals surface area contributed by atoms with Crippen LogP contribution in [0.4, 0.5) is 0 Å². The molecule has 0 spiro atoms. The van der Waals surface area contributed by atoms with Crippen LogP contribution in [0.5, 0.6) is 0 Å². The number of carbonyl (C=O) groups is 1. The van der Waals surface area contributed by atoms with E-state index in [0.29, 0.717) is 0 Å². The molecule has 2 atom stereocenters. The molecule has 2 fully saturated rings. The van der Waals surface area contributed by atoms with Gasteiger partial charge in [-0.15, -0.1) is 0 Å². The maximum absolute atomic E-state index is 12.0. The van der Waals surface area contributed by atoms with Gasteiger partial charge in [-0.1, -0.05) is 0 Å². The predicted molar refractivity (Wildman–Crippen MR) is 77.1 cm³/mol. The van der Waals surface area contributed by atoms with E-state index in [-0.39, 0.29) is 11.9 Å². The summed E-state index contributed by atoms with van der Waals surface area (Å²) in [4.78, 5) is 16.6. The molecule has 2 aliphatic rings. The molecule has 2 aliphatic heterocycles.